The summed E-state index contributed by atoms with van der Waals surface area (Å²) < 4.78 is 23.1. The molecule has 6 N–H and O–H groups in total. The Morgan fingerprint density at radius 2 is 1.42 bits per heavy atom. The van der Waals surface area contributed by atoms with Crippen LogP contribution in [0.2, 0.25) is 0 Å². The quantitative estimate of drug-likeness (QED) is 0.0592. The van der Waals surface area contributed by atoms with Gasteiger partial charge in [0.05, 0.1) is 71.0 Å². The number of amides is 4. The molecule has 0 spiro atoms. The van der Waals surface area contributed by atoms with E-state index in [0.717, 1.165) is 24.8 Å². The van der Waals surface area contributed by atoms with Crippen LogP contribution in [0.4, 0.5) is 10.5 Å². The Kier molecular flexibility index (Phi) is 39.8. The number of aromatic nitrogens is 1. The molecule has 15 nitrogen and oxygen atoms in total. The Hall–Kier alpha value is -2.97. The maximum Gasteiger partial charge on any atom is 0.312 e. The van der Waals surface area contributed by atoms with Gasteiger partial charge >= 0.3 is 6.03 Å². The first-order valence-electron chi connectivity index (χ1n) is 18.0. The minimum atomic E-state index is -0.457. The van der Waals surface area contributed by atoms with Crippen LogP contribution in [0.3, 0.4) is 0 Å². The van der Waals surface area contributed by atoms with Crippen molar-refractivity contribution in [2.24, 2.45) is 11.7 Å². The third-order valence-corrected chi connectivity index (χ3v) is 6.58. The van der Waals surface area contributed by atoms with Gasteiger partial charge in [0.2, 0.25) is 11.8 Å². The van der Waals surface area contributed by atoms with Gasteiger partial charge in [-0.15, -0.1) is 12.3 Å². The number of ether oxygens (including phenoxy) is 4. The Morgan fingerprint density at radius 1 is 0.868 bits per heavy atom. The van der Waals surface area contributed by atoms with Crippen LogP contribution < -0.4 is 32.6 Å². The molecule has 53 heavy (non-hydrogen) atoms. The zero-order valence-electron chi connectivity index (χ0n) is 32.9. The van der Waals surface area contributed by atoms with E-state index < -0.39 is 12.1 Å². The Labute approximate surface area is 339 Å². The molecule has 0 fully saturated rings. The second kappa shape index (κ2) is 38.7. The monoisotopic (exact) mass is 976 g/mol. The summed E-state index contributed by atoms with van der Waals surface area (Å²) in [6.07, 6.45) is 4.64. The average molecular weight is 976 g/mol. The normalized spacial score (nSPS) is 10.5. The van der Waals surface area contributed by atoms with Crippen LogP contribution in [-0.4, -0.2) is 108 Å². The molecular weight excluding hydrogens is 910 g/mol. The average Bonchev–Trinajstić information content (AvgIpc) is 3.55. The van der Waals surface area contributed by atoms with E-state index in [1.165, 1.54) is 11.6 Å². The number of nitrogens with one attached hydrogen (secondary N) is 4. The van der Waals surface area contributed by atoms with E-state index in [0.29, 0.717) is 65.9 Å². The van der Waals surface area contributed by atoms with Crippen molar-refractivity contribution < 1.29 is 69.2 Å². The maximum absolute atomic E-state index is 11.7. The first-order chi connectivity index (χ1) is 25.1. The molecule has 2 aromatic rings. The number of likely N-dealkylation sites (N-methyl/N-ethyl adjacent to an activating group) is 1. The van der Waals surface area contributed by atoms with E-state index in [9.17, 15) is 24.0 Å². The smallest absolute Gasteiger partial charge is 0.312 e. The number of aldehydes is 1. The zero-order valence-corrected chi connectivity index (χ0v) is 37.0. The minimum Gasteiger partial charge on any atom is -0.428 e. The van der Waals surface area contributed by atoms with Gasteiger partial charge in [-0.2, -0.15) is 6.07 Å². The predicted octanol–water partition coefficient (Wildman–Crippen LogP) is 2.86. The van der Waals surface area contributed by atoms with Crippen molar-refractivity contribution >= 4 is 29.8 Å². The summed E-state index contributed by atoms with van der Waals surface area (Å²) in [6.45, 7) is 16.7. The number of nitrogens with zero attached hydrogens (tertiary/aromatic N) is 1. The summed E-state index contributed by atoms with van der Waals surface area (Å²) >= 11 is 0. The van der Waals surface area contributed by atoms with Crippen molar-refractivity contribution in [1.29, 1.82) is 0 Å². The van der Waals surface area contributed by atoms with Crippen molar-refractivity contribution in [3.05, 3.63) is 58.5 Å². The van der Waals surface area contributed by atoms with Crippen LogP contribution in [0.1, 0.15) is 59.9 Å². The number of hydrogen-bond donors (Lipinski definition) is 5. The molecule has 1 atom stereocenters. The van der Waals surface area contributed by atoms with Crippen molar-refractivity contribution in [3.63, 3.8) is 0 Å². The first-order valence-corrected chi connectivity index (χ1v) is 18.0. The fourth-order valence-corrected chi connectivity index (χ4v) is 3.73. The number of hydrogen-bond acceptors (Lipinski definition) is 10. The molecule has 2 rings (SSSR count). The van der Waals surface area contributed by atoms with E-state index in [2.05, 4.69) is 28.2 Å². The molecule has 0 aliphatic carbocycles. The topological polar surface area (TPSA) is 201 Å². The standard InChI is InChI=1S/C20H33N2O7.C11H16N2O.C4H10N2O.C2H6.U/c1-17(2)18(16-23)21-19(24)5-8-26-10-12-28-14-15-29-13-11-27-9-7-22-6-3-4-20(22)25;1-3-9-4-6-10(7-5-9)13-11(14)8-12-2;1-2-3-6-4(5)7;1-2;/h3-4,6,16-18H,5,7-15H2,1-2H3,(H,21,24);4-7,12H,3,8H2,1-2H3,(H,13,14);2-3H2,1H3,(H3,5,6,7);1-2H3;/q-1;;;;. The molecular formula is C37H65N6O9U-. The third kappa shape index (κ3) is 33.3. The molecule has 0 radical (unpaired) electrons. The number of nitrogens with two attached hydrogens (primary N) is 1. The second-order valence-corrected chi connectivity index (χ2v) is 11.1. The van der Waals surface area contributed by atoms with Crippen LogP contribution in [0.15, 0.2) is 47.4 Å². The Morgan fingerprint density at radius 3 is 1.83 bits per heavy atom. The molecule has 0 aliphatic heterocycles. The number of anilines is 1. The molecule has 0 saturated heterocycles. The van der Waals surface area contributed by atoms with E-state index >= 15 is 0 Å². The van der Waals surface area contributed by atoms with Crippen LogP contribution in [0, 0.1) is 37.0 Å². The fourth-order valence-electron chi connectivity index (χ4n) is 3.73. The van der Waals surface area contributed by atoms with Crippen LogP contribution in [-0.2, 0) is 46.3 Å². The maximum atomic E-state index is 11.7. The number of carbonyl (C=O) groups excluding carboxylic acids is 4. The molecule has 0 bridgehead atoms. The molecule has 4 amide bonds. The van der Waals surface area contributed by atoms with Crippen LogP contribution in [0.25, 0.3) is 0 Å². The summed E-state index contributed by atoms with van der Waals surface area (Å²) in [7, 11) is 1.75. The van der Waals surface area contributed by atoms with Crippen molar-refractivity contribution in [3.8, 4) is 0 Å². The van der Waals surface area contributed by atoms with Crippen LogP contribution in [0.5, 0.6) is 0 Å². The van der Waals surface area contributed by atoms with E-state index in [4.69, 9.17) is 24.7 Å². The van der Waals surface area contributed by atoms with E-state index in [-0.39, 0.29) is 67.4 Å². The summed E-state index contributed by atoms with van der Waals surface area (Å²) in [6, 6.07) is 10.2. The number of aryl methyl sites for hydroxylation is 1. The van der Waals surface area contributed by atoms with Gasteiger partial charge in [-0.25, -0.2) is 4.79 Å². The van der Waals surface area contributed by atoms with Gasteiger partial charge in [0.15, 0.2) is 0 Å². The van der Waals surface area contributed by atoms with E-state index in [1.807, 2.05) is 58.9 Å². The number of urea groups is 1. The van der Waals surface area contributed by atoms with Gasteiger partial charge in [-0.1, -0.05) is 53.7 Å². The van der Waals surface area contributed by atoms with Crippen molar-refractivity contribution in [2.45, 2.75) is 73.4 Å². The number of benzene rings is 1. The molecule has 1 heterocycles. The fraction of sp³-hybridized carbons (Fsp3) is 0.622. The van der Waals surface area contributed by atoms with Gasteiger partial charge in [0, 0.05) is 56.3 Å². The summed E-state index contributed by atoms with van der Waals surface area (Å²) in [5, 5.41) is 10.7. The summed E-state index contributed by atoms with van der Waals surface area (Å²) in [5.74, 6) is -0.151. The molecule has 16 heteroatoms. The molecule has 1 aromatic heterocycles. The van der Waals surface area contributed by atoms with Gasteiger partial charge in [0.1, 0.15) is 6.29 Å². The molecule has 1 unspecified atom stereocenters. The molecule has 302 valence electrons. The van der Waals surface area contributed by atoms with Gasteiger partial charge in [-0.05, 0) is 43.5 Å². The number of carbonyl (C=O) groups is 4. The minimum absolute atomic E-state index is 0. The van der Waals surface area contributed by atoms with E-state index in [1.54, 1.807) is 23.9 Å². The Balaban J connectivity index is -0.000000859. The molecule has 0 saturated carbocycles. The SMILES string of the molecule is CC.CC(C)C(C=O)NC(=O)CCOCCOCCOCCOCCn1[cH-]ccc1=O.CCCNC(N)=O.CCc1ccc(NC(=O)CNC)cc1.[U]. The summed E-state index contributed by atoms with van der Waals surface area (Å²) in [4.78, 5) is 54.9. The largest absolute Gasteiger partial charge is 0.428 e. The first kappa shape index (κ1) is 54.4. The van der Waals surface area contributed by atoms with Crippen molar-refractivity contribution in [1.82, 2.24) is 20.5 Å². The van der Waals surface area contributed by atoms with Crippen molar-refractivity contribution in [2.75, 3.05) is 78.3 Å². The number of rotatable bonds is 24. The zero-order chi connectivity index (χ0) is 39.4. The second-order valence-electron chi connectivity index (χ2n) is 11.1. The molecule has 1 aromatic carbocycles. The Bertz CT molecular complexity index is 1230. The van der Waals surface area contributed by atoms with Crippen LogP contribution >= 0.6 is 0 Å². The third-order valence-electron chi connectivity index (χ3n) is 6.58. The van der Waals surface area contributed by atoms with Gasteiger partial charge in [0.25, 0.3) is 0 Å². The van der Waals surface area contributed by atoms with Gasteiger partial charge < -0.3 is 60.1 Å². The van der Waals surface area contributed by atoms with Gasteiger partial charge in [-0.3, -0.25) is 9.59 Å². The predicted molar refractivity (Wildman–Crippen MR) is 205 cm³/mol. The number of primary amides is 1. The summed E-state index contributed by atoms with van der Waals surface area (Å²) in [5.41, 5.74) is 6.83. The molecule has 0 aliphatic rings.